The van der Waals surface area contributed by atoms with Gasteiger partial charge in [0.25, 0.3) is 5.56 Å². The Labute approximate surface area is 153 Å². The highest BCUT2D eigenvalue weighted by atomic mass is 19.1. The van der Waals surface area contributed by atoms with Gasteiger partial charge in [0.05, 0.1) is 13.7 Å². The second kappa shape index (κ2) is 6.85. The summed E-state index contributed by atoms with van der Waals surface area (Å²) in [6.07, 6.45) is 5.24. The van der Waals surface area contributed by atoms with E-state index in [0.717, 1.165) is 4.57 Å². The molecular formula is C19H15FN4O3. The van der Waals surface area contributed by atoms with E-state index in [1.807, 2.05) is 0 Å². The van der Waals surface area contributed by atoms with Gasteiger partial charge in [0, 0.05) is 19.7 Å². The Balaban J connectivity index is 2.17. The fraction of sp³-hybridized carbons (Fsp3) is 0.211. The minimum absolute atomic E-state index is 0.118. The molecule has 0 saturated heterocycles. The number of aryl methyl sites for hydroxylation is 2. The van der Waals surface area contributed by atoms with Crippen molar-refractivity contribution in [2.24, 2.45) is 14.1 Å². The van der Waals surface area contributed by atoms with Crippen LogP contribution in [0.2, 0.25) is 0 Å². The zero-order valence-corrected chi connectivity index (χ0v) is 14.9. The number of benzene rings is 1. The zero-order valence-electron chi connectivity index (χ0n) is 14.9. The molecular weight excluding hydrogens is 351 g/mol. The van der Waals surface area contributed by atoms with Gasteiger partial charge in [-0.25, -0.2) is 18.7 Å². The number of hydrogen-bond donors (Lipinski definition) is 0. The van der Waals surface area contributed by atoms with Crippen LogP contribution in [-0.4, -0.2) is 25.8 Å². The largest absolute Gasteiger partial charge is 0.494 e. The normalized spacial score (nSPS) is 10.3. The second-order valence-corrected chi connectivity index (χ2v) is 5.70. The van der Waals surface area contributed by atoms with Crippen LogP contribution in [0.3, 0.4) is 0 Å². The Morgan fingerprint density at radius 3 is 2.59 bits per heavy atom. The summed E-state index contributed by atoms with van der Waals surface area (Å²) >= 11 is 0. The third-order valence-electron chi connectivity index (χ3n) is 4.08. The topological polar surface area (TPSA) is 71.1 Å². The molecule has 0 atom stereocenters. The molecule has 0 amide bonds. The number of methoxy groups -OCH3 is 1. The number of imidazole rings is 1. The Hall–Kier alpha value is -3.78. The predicted molar refractivity (Wildman–Crippen MR) is 98.0 cm³/mol. The van der Waals surface area contributed by atoms with Gasteiger partial charge in [0.15, 0.2) is 28.6 Å². The molecule has 0 saturated carbocycles. The number of halogens is 1. The first-order valence-corrected chi connectivity index (χ1v) is 7.84. The first-order chi connectivity index (χ1) is 12.9. The molecule has 0 N–H and O–H groups in total. The Morgan fingerprint density at radius 2 is 1.96 bits per heavy atom. The predicted octanol–water partition coefficient (Wildman–Crippen LogP) is 0.614. The van der Waals surface area contributed by atoms with Crippen molar-refractivity contribution in [2.45, 2.75) is 6.54 Å². The van der Waals surface area contributed by atoms with Crippen molar-refractivity contribution in [3.05, 3.63) is 56.2 Å². The maximum absolute atomic E-state index is 13.8. The van der Waals surface area contributed by atoms with Crippen LogP contribution >= 0.6 is 0 Å². The van der Waals surface area contributed by atoms with E-state index < -0.39 is 17.1 Å². The average Bonchev–Trinajstić information content (AvgIpc) is 2.98. The molecule has 2 aromatic heterocycles. The number of aromatic nitrogens is 4. The number of terminal acetylenes is 1. The molecule has 8 heteroatoms. The van der Waals surface area contributed by atoms with E-state index in [1.54, 1.807) is 13.1 Å². The van der Waals surface area contributed by atoms with Gasteiger partial charge in [0.1, 0.15) is 0 Å². The molecule has 7 nitrogen and oxygen atoms in total. The lowest BCUT2D eigenvalue weighted by Gasteiger charge is -2.05. The average molecular weight is 366 g/mol. The number of hydrogen-bond acceptors (Lipinski definition) is 4. The lowest BCUT2D eigenvalue weighted by molar-refractivity contribution is 0.386. The monoisotopic (exact) mass is 366 g/mol. The fourth-order valence-electron chi connectivity index (χ4n) is 2.66. The summed E-state index contributed by atoms with van der Waals surface area (Å²) in [5.41, 5.74) is -0.271. The third kappa shape index (κ3) is 2.98. The molecule has 0 radical (unpaired) electrons. The van der Waals surface area contributed by atoms with Crippen LogP contribution in [-0.2, 0) is 20.6 Å². The van der Waals surface area contributed by atoms with Crippen molar-refractivity contribution in [1.82, 2.24) is 18.7 Å². The van der Waals surface area contributed by atoms with Crippen molar-refractivity contribution in [2.75, 3.05) is 7.11 Å². The number of nitrogens with zero attached hydrogens (tertiary/aromatic N) is 4. The molecule has 0 fully saturated rings. The highest BCUT2D eigenvalue weighted by Crippen LogP contribution is 2.17. The van der Waals surface area contributed by atoms with E-state index in [9.17, 15) is 14.0 Å². The smallest absolute Gasteiger partial charge is 0.333 e. The molecule has 0 bridgehead atoms. The van der Waals surface area contributed by atoms with E-state index in [4.69, 9.17) is 11.2 Å². The summed E-state index contributed by atoms with van der Waals surface area (Å²) in [6, 6.07) is 4.31. The molecule has 3 rings (SSSR count). The zero-order chi connectivity index (χ0) is 19.7. The van der Waals surface area contributed by atoms with E-state index in [-0.39, 0.29) is 29.3 Å². The highest BCUT2D eigenvalue weighted by molar-refractivity contribution is 5.72. The van der Waals surface area contributed by atoms with E-state index >= 15 is 0 Å². The fourth-order valence-corrected chi connectivity index (χ4v) is 2.66. The molecule has 0 aliphatic carbocycles. The lowest BCUT2D eigenvalue weighted by Crippen LogP contribution is -2.39. The van der Waals surface area contributed by atoms with Gasteiger partial charge in [-0.15, -0.1) is 6.42 Å². The van der Waals surface area contributed by atoms with Gasteiger partial charge in [-0.3, -0.25) is 9.36 Å². The summed E-state index contributed by atoms with van der Waals surface area (Å²) in [6.45, 7) is -0.140. The third-order valence-corrected chi connectivity index (χ3v) is 4.08. The van der Waals surface area contributed by atoms with Gasteiger partial charge >= 0.3 is 5.69 Å². The summed E-state index contributed by atoms with van der Waals surface area (Å²) in [7, 11) is 4.49. The Kier molecular flexibility index (Phi) is 4.57. The van der Waals surface area contributed by atoms with Gasteiger partial charge in [-0.05, 0) is 24.1 Å². The van der Waals surface area contributed by atoms with Crippen LogP contribution in [0.15, 0.2) is 27.8 Å². The molecule has 27 heavy (non-hydrogen) atoms. The van der Waals surface area contributed by atoms with Gasteiger partial charge in [-0.2, -0.15) is 0 Å². The number of fused-ring (bicyclic) bond motifs is 1. The minimum Gasteiger partial charge on any atom is -0.494 e. The SMILES string of the molecule is C#CCn1c(=O)c2c(nc(C#Cc3ccc(OC)c(F)c3)n2C)n(C)c1=O. The van der Waals surface area contributed by atoms with Gasteiger partial charge in [-0.1, -0.05) is 11.8 Å². The number of ether oxygens (including phenoxy) is 1. The lowest BCUT2D eigenvalue weighted by atomic mass is 10.2. The first-order valence-electron chi connectivity index (χ1n) is 7.84. The van der Waals surface area contributed by atoms with Crippen LogP contribution in [0.4, 0.5) is 4.39 Å². The summed E-state index contributed by atoms with van der Waals surface area (Å²) in [4.78, 5) is 29.2. The van der Waals surface area contributed by atoms with Gasteiger partial charge < -0.3 is 9.30 Å². The van der Waals surface area contributed by atoms with Crippen molar-refractivity contribution in [3.8, 4) is 29.9 Å². The van der Waals surface area contributed by atoms with Gasteiger partial charge in [0.2, 0.25) is 0 Å². The molecule has 0 spiro atoms. The van der Waals surface area contributed by atoms with Crippen molar-refractivity contribution in [1.29, 1.82) is 0 Å². The Bertz CT molecular complexity index is 1280. The molecule has 2 heterocycles. The molecule has 0 unspecified atom stereocenters. The van der Waals surface area contributed by atoms with Crippen molar-refractivity contribution >= 4 is 11.2 Å². The standard InChI is InChI=1S/C19H15FN4O3/c1-5-10-24-18(25)16-17(23(3)19(24)26)21-15(22(16)2)9-7-12-6-8-14(27-4)13(20)11-12/h1,6,8,11H,10H2,2-4H3. The minimum atomic E-state index is -0.555. The summed E-state index contributed by atoms with van der Waals surface area (Å²) in [5, 5.41) is 0. The number of rotatable bonds is 2. The van der Waals surface area contributed by atoms with E-state index in [1.165, 1.54) is 35.4 Å². The van der Waals surface area contributed by atoms with Crippen molar-refractivity contribution < 1.29 is 9.13 Å². The van der Waals surface area contributed by atoms with Crippen molar-refractivity contribution in [3.63, 3.8) is 0 Å². The highest BCUT2D eigenvalue weighted by Gasteiger charge is 2.17. The van der Waals surface area contributed by atoms with Crippen LogP contribution in [0.5, 0.6) is 5.75 Å². The second-order valence-electron chi connectivity index (χ2n) is 5.70. The first kappa shape index (κ1) is 18.0. The summed E-state index contributed by atoms with van der Waals surface area (Å²) < 4.78 is 22.3. The summed E-state index contributed by atoms with van der Waals surface area (Å²) in [5.74, 6) is 7.72. The maximum atomic E-state index is 13.8. The quantitative estimate of drug-likeness (QED) is 0.624. The molecule has 1 aromatic carbocycles. The van der Waals surface area contributed by atoms with E-state index in [0.29, 0.717) is 5.56 Å². The molecule has 0 aliphatic heterocycles. The van der Waals surface area contributed by atoms with Crippen LogP contribution in [0, 0.1) is 30.0 Å². The van der Waals surface area contributed by atoms with Crippen LogP contribution in [0.25, 0.3) is 11.2 Å². The molecule has 0 aliphatic rings. The molecule has 136 valence electrons. The van der Waals surface area contributed by atoms with Crippen LogP contribution in [0.1, 0.15) is 11.4 Å². The molecule has 3 aromatic rings. The maximum Gasteiger partial charge on any atom is 0.333 e. The Morgan fingerprint density at radius 1 is 1.22 bits per heavy atom. The van der Waals surface area contributed by atoms with Crippen LogP contribution < -0.4 is 16.0 Å². The van der Waals surface area contributed by atoms with E-state index in [2.05, 4.69) is 22.7 Å².